The summed E-state index contributed by atoms with van der Waals surface area (Å²) in [5.74, 6) is -0.520. The molecule has 1 aromatic rings. The molecule has 4 nitrogen and oxygen atoms in total. The zero-order valence-corrected chi connectivity index (χ0v) is 9.14. The molecule has 1 fully saturated rings. The number of carboxylic acids is 1. The van der Waals surface area contributed by atoms with Crippen LogP contribution < -0.4 is 10.5 Å². The molecule has 1 atom stereocenters. The number of para-hydroxylation sites is 1. The summed E-state index contributed by atoms with van der Waals surface area (Å²) < 4.78 is 5.10. The molecular formula is C12H15NO3. The molecule has 1 aromatic carbocycles. The van der Waals surface area contributed by atoms with E-state index >= 15 is 0 Å². The first-order valence-electron chi connectivity index (χ1n) is 5.30. The summed E-state index contributed by atoms with van der Waals surface area (Å²) in [6.07, 6.45) is 1.93. The molecule has 0 heterocycles. The molecule has 3 N–H and O–H groups in total. The highest BCUT2D eigenvalue weighted by molar-refractivity contribution is 5.80. The zero-order chi connectivity index (χ0) is 11.7. The van der Waals surface area contributed by atoms with Crippen molar-refractivity contribution in [3.8, 4) is 5.75 Å². The lowest BCUT2D eigenvalue weighted by Crippen LogP contribution is -2.15. The van der Waals surface area contributed by atoms with Gasteiger partial charge >= 0.3 is 5.97 Å². The number of ether oxygens (including phenoxy) is 1. The fourth-order valence-electron chi connectivity index (χ4n) is 2.03. The lowest BCUT2D eigenvalue weighted by molar-refractivity contribution is -0.139. The standard InChI is InChI=1S/C12H15NO3/c1-16-9-4-2-3-8(11(9)13)10(12(14)15)7-5-6-7/h2-4,7,10H,5-6,13H2,1H3,(H,14,15). The second-order valence-electron chi connectivity index (χ2n) is 4.12. The van der Waals surface area contributed by atoms with Crippen LogP contribution in [-0.4, -0.2) is 18.2 Å². The van der Waals surface area contributed by atoms with Crippen LogP contribution in [0.3, 0.4) is 0 Å². The molecule has 0 aliphatic heterocycles. The minimum atomic E-state index is -0.803. The number of benzene rings is 1. The normalized spacial score (nSPS) is 16.8. The Bertz CT molecular complexity index is 413. The van der Waals surface area contributed by atoms with Crippen molar-refractivity contribution in [3.05, 3.63) is 23.8 Å². The monoisotopic (exact) mass is 221 g/mol. The molecular weight excluding hydrogens is 206 g/mol. The maximum atomic E-state index is 11.2. The van der Waals surface area contributed by atoms with Crippen LogP contribution in [0.1, 0.15) is 24.3 Å². The highest BCUT2D eigenvalue weighted by Crippen LogP contribution is 2.45. The van der Waals surface area contributed by atoms with Crippen molar-refractivity contribution in [3.63, 3.8) is 0 Å². The number of aliphatic carboxylic acids is 1. The number of hydrogen-bond acceptors (Lipinski definition) is 3. The third-order valence-electron chi connectivity index (χ3n) is 3.01. The summed E-state index contributed by atoms with van der Waals surface area (Å²) in [6, 6.07) is 5.29. The van der Waals surface area contributed by atoms with Crippen LogP contribution in [-0.2, 0) is 4.79 Å². The van der Waals surface area contributed by atoms with E-state index in [2.05, 4.69) is 0 Å². The van der Waals surface area contributed by atoms with Crippen molar-refractivity contribution in [2.75, 3.05) is 12.8 Å². The summed E-state index contributed by atoms with van der Waals surface area (Å²) in [4.78, 5) is 11.2. The molecule has 0 radical (unpaired) electrons. The number of methoxy groups -OCH3 is 1. The molecule has 4 heteroatoms. The van der Waals surface area contributed by atoms with Crippen molar-refractivity contribution >= 4 is 11.7 Å². The quantitative estimate of drug-likeness (QED) is 0.761. The zero-order valence-electron chi connectivity index (χ0n) is 9.14. The molecule has 1 unspecified atom stereocenters. The Morgan fingerprint density at radius 2 is 2.25 bits per heavy atom. The number of nitrogens with two attached hydrogens (primary N) is 1. The van der Waals surface area contributed by atoms with Crippen molar-refractivity contribution < 1.29 is 14.6 Å². The Balaban J connectivity index is 2.40. The van der Waals surface area contributed by atoms with Crippen LogP contribution in [0.25, 0.3) is 0 Å². The van der Waals surface area contributed by atoms with Gasteiger partial charge in [-0.3, -0.25) is 4.79 Å². The number of hydrogen-bond donors (Lipinski definition) is 2. The van der Waals surface area contributed by atoms with Crippen molar-refractivity contribution in [1.29, 1.82) is 0 Å². The molecule has 86 valence electrons. The third-order valence-corrected chi connectivity index (χ3v) is 3.01. The molecule has 16 heavy (non-hydrogen) atoms. The predicted molar refractivity (Wildman–Crippen MR) is 60.5 cm³/mol. The van der Waals surface area contributed by atoms with E-state index in [-0.39, 0.29) is 5.92 Å². The van der Waals surface area contributed by atoms with Gasteiger partial charge in [0.15, 0.2) is 0 Å². The van der Waals surface area contributed by atoms with Crippen molar-refractivity contribution in [2.24, 2.45) is 5.92 Å². The van der Waals surface area contributed by atoms with E-state index in [9.17, 15) is 9.90 Å². The van der Waals surface area contributed by atoms with Gasteiger partial charge < -0.3 is 15.6 Å². The molecule has 0 spiro atoms. The van der Waals surface area contributed by atoms with E-state index in [1.165, 1.54) is 7.11 Å². The molecule has 1 aliphatic carbocycles. The molecule has 0 saturated heterocycles. The highest BCUT2D eigenvalue weighted by atomic mass is 16.5. The van der Waals surface area contributed by atoms with E-state index in [1.807, 2.05) is 0 Å². The third kappa shape index (κ3) is 1.83. The second-order valence-corrected chi connectivity index (χ2v) is 4.12. The topological polar surface area (TPSA) is 72.5 Å². The van der Waals surface area contributed by atoms with E-state index in [1.54, 1.807) is 18.2 Å². The first kappa shape index (κ1) is 10.8. The van der Waals surface area contributed by atoms with Gasteiger partial charge in [0.25, 0.3) is 0 Å². The summed E-state index contributed by atoms with van der Waals surface area (Å²) >= 11 is 0. The molecule has 0 aromatic heterocycles. The van der Waals surface area contributed by atoms with Crippen LogP contribution in [0.4, 0.5) is 5.69 Å². The summed E-state index contributed by atoms with van der Waals surface area (Å²) in [5, 5.41) is 9.23. The summed E-state index contributed by atoms with van der Waals surface area (Å²) in [7, 11) is 1.53. The van der Waals surface area contributed by atoms with Gasteiger partial charge in [0.05, 0.1) is 18.7 Å². The maximum absolute atomic E-state index is 11.2. The van der Waals surface area contributed by atoms with Gasteiger partial charge in [0.1, 0.15) is 5.75 Å². The van der Waals surface area contributed by atoms with Gasteiger partial charge in [-0.25, -0.2) is 0 Å². The van der Waals surface area contributed by atoms with Gasteiger partial charge in [0, 0.05) is 0 Å². The Morgan fingerprint density at radius 1 is 1.56 bits per heavy atom. The van der Waals surface area contributed by atoms with Crippen LogP contribution in [0.15, 0.2) is 18.2 Å². The van der Waals surface area contributed by atoms with E-state index in [0.29, 0.717) is 17.0 Å². The van der Waals surface area contributed by atoms with Crippen molar-refractivity contribution in [2.45, 2.75) is 18.8 Å². The predicted octanol–water partition coefficient (Wildman–Crippen LogP) is 1.86. The second kappa shape index (κ2) is 4.04. The van der Waals surface area contributed by atoms with Crippen LogP contribution >= 0.6 is 0 Å². The first-order chi connectivity index (χ1) is 7.65. The number of anilines is 1. The average Bonchev–Trinajstić information content (AvgIpc) is 3.05. The highest BCUT2D eigenvalue weighted by Gasteiger charge is 2.38. The Kier molecular flexibility index (Phi) is 2.73. The Morgan fingerprint density at radius 3 is 2.75 bits per heavy atom. The van der Waals surface area contributed by atoms with Gasteiger partial charge in [-0.05, 0) is 30.4 Å². The fourth-order valence-corrected chi connectivity index (χ4v) is 2.03. The minimum absolute atomic E-state index is 0.229. The number of carbonyl (C=O) groups is 1. The van der Waals surface area contributed by atoms with Gasteiger partial charge in [0.2, 0.25) is 0 Å². The summed E-state index contributed by atoms with van der Waals surface area (Å²) in [6.45, 7) is 0. The van der Waals surface area contributed by atoms with Gasteiger partial charge in [-0.15, -0.1) is 0 Å². The van der Waals surface area contributed by atoms with Crippen LogP contribution in [0.5, 0.6) is 5.75 Å². The lowest BCUT2D eigenvalue weighted by Gasteiger charge is -2.16. The van der Waals surface area contributed by atoms with E-state index < -0.39 is 11.9 Å². The maximum Gasteiger partial charge on any atom is 0.311 e. The number of rotatable bonds is 4. The van der Waals surface area contributed by atoms with Crippen molar-refractivity contribution in [1.82, 2.24) is 0 Å². The number of carboxylic acid groups (broad SMARTS) is 1. The Labute approximate surface area is 94.0 Å². The SMILES string of the molecule is COc1cccc(C(C(=O)O)C2CC2)c1N. The first-order valence-corrected chi connectivity index (χ1v) is 5.30. The van der Waals surface area contributed by atoms with Gasteiger partial charge in [-0.2, -0.15) is 0 Å². The molecule has 1 aliphatic rings. The fraction of sp³-hybridized carbons (Fsp3) is 0.417. The minimum Gasteiger partial charge on any atom is -0.495 e. The number of nitrogen functional groups attached to an aromatic ring is 1. The van der Waals surface area contributed by atoms with E-state index in [4.69, 9.17) is 10.5 Å². The lowest BCUT2D eigenvalue weighted by atomic mass is 9.92. The molecule has 0 amide bonds. The molecule has 0 bridgehead atoms. The van der Waals surface area contributed by atoms with Crippen LogP contribution in [0, 0.1) is 5.92 Å². The average molecular weight is 221 g/mol. The summed E-state index contributed by atoms with van der Waals surface area (Å²) in [5.41, 5.74) is 7.03. The smallest absolute Gasteiger partial charge is 0.311 e. The molecule has 2 rings (SSSR count). The van der Waals surface area contributed by atoms with E-state index in [0.717, 1.165) is 12.8 Å². The van der Waals surface area contributed by atoms with Gasteiger partial charge in [-0.1, -0.05) is 12.1 Å². The Hall–Kier alpha value is -1.71. The largest absolute Gasteiger partial charge is 0.495 e. The molecule has 1 saturated carbocycles. The van der Waals surface area contributed by atoms with Crippen LogP contribution in [0.2, 0.25) is 0 Å².